The van der Waals surface area contributed by atoms with Crippen LogP contribution in [0, 0.1) is 0 Å². The lowest BCUT2D eigenvalue weighted by Crippen LogP contribution is -2.48. The van der Waals surface area contributed by atoms with Gasteiger partial charge in [-0.1, -0.05) is 12.8 Å². The summed E-state index contributed by atoms with van der Waals surface area (Å²) < 4.78 is 0. The van der Waals surface area contributed by atoms with E-state index in [2.05, 4.69) is 16.0 Å². The minimum absolute atomic E-state index is 0.0146. The SMILES string of the molecule is CC(C)NC(=O)CNC(C)C(=O)NC1CCCC1. The minimum Gasteiger partial charge on any atom is -0.353 e. The summed E-state index contributed by atoms with van der Waals surface area (Å²) in [4.78, 5) is 23.2. The van der Waals surface area contributed by atoms with E-state index < -0.39 is 0 Å². The van der Waals surface area contributed by atoms with Crippen LogP contribution in [0.2, 0.25) is 0 Å². The maximum absolute atomic E-state index is 11.8. The van der Waals surface area contributed by atoms with E-state index in [-0.39, 0.29) is 30.4 Å². The minimum atomic E-state index is -0.330. The second-order valence-electron chi connectivity index (χ2n) is 5.31. The van der Waals surface area contributed by atoms with Crippen LogP contribution >= 0.6 is 0 Å². The molecule has 0 spiro atoms. The van der Waals surface area contributed by atoms with Gasteiger partial charge < -0.3 is 10.6 Å². The standard InChI is InChI=1S/C13H25N3O2/c1-9(2)15-12(17)8-14-10(3)13(18)16-11-6-4-5-7-11/h9-11,14H,4-8H2,1-3H3,(H,15,17)(H,16,18). The van der Waals surface area contributed by atoms with Crippen LogP contribution in [0.5, 0.6) is 0 Å². The van der Waals surface area contributed by atoms with Crippen LogP contribution in [-0.4, -0.2) is 36.5 Å². The van der Waals surface area contributed by atoms with Gasteiger partial charge in [0.15, 0.2) is 0 Å². The van der Waals surface area contributed by atoms with E-state index in [1.54, 1.807) is 6.92 Å². The van der Waals surface area contributed by atoms with Gasteiger partial charge in [0.2, 0.25) is 11.8 Å². The van der Waals surface area contributed by atoms with Crippen molar-refractivity contribution in [1.82, 2.24) is 16.0 Å². The van der Waals surface area contributed by atoms with Crippen LogP contribution in [-0.2, 0) is 9.59 Å². The van der Waals surface area contributed by atoms with E-state index in [1.807, 2.05) is 13.8 Å². The first-order chi connectivity index (χ1) is 8.49. The molecule has 1 rings (SSSR count). The molecule has 0 aliphatic heterocycles. The second-order valence-corrected chi connectivity index (χ2v) is 5.31. The molecule has 1 aliphatic rings. The molecule has 5 nitrogen and oxygen atoms in total. The fraction of sp³-hybridized carbons (Fsp3) is 0.846. The van der Waals surface area contributed by atoms with Gasteiger partial charge in [-0.15, -0.1) is 0 Å². The molecule has 1 aliphatic carbocycles. The van der Waals surface area contributed by atoms with Gasteiger partial charge in [-0.05, 0) is 33.6 Å². The summed E-state index contributed by atoms with van der Waals surface area (Å²) >= 11 is 0. The first-order valence-electron chi connectivity index (χ1n) is 6.82. The molecule has 0 aromatic rings. The highest BCUT2D eigenvalue weighted by atomic mass is 16.2. The Morgan fingerprint density at radius 1 is 1.17 bits per heavy atom. The fourth-order valence-electron chi connectivity index (χ4n) is 2.11. The Labute approximate surface area is 109 Å². The van der Waals surface area contributed by atoms with Gasteiger partial charge in [-0.25, -0.2) is 0 Å². The lowest BCUT2D eigenvalue weighted by Gasteiger charge is -2.18. The fourth-order valence-corrected chi connectivity index (χ4v) is 2.11. The Hall–Kier alpha value is -1.10. The van der Waals surface area contributed by atoms with Crippen molar-refractivity contribution in [3.63, 3.8) is 0 Å². The van der Waals surface area contributed by atoms with E-state index in [0.717, 1.165) is 12.8 Å². The van der Waals surface area contributed by atoms with Crippen LogP contribution in [0.25, 0.3) is 0 Å². The third kappa shape index (κ3) is 5.49. The van der Waals surface area contributed by atoms with Crippen molar-refractivity contribution in [3.8, 4) is 0 Å². The predicted molar refractivity (Wildman–Crippen MR) is 71.1 cm³/mol. The number of nitrogens with one attached hydrogen (secondary N) is 3. The van der Waals surface area contributed by atoms with Crippen molar-refractivity contribution in [1.29, 1.82) is 0 Å². The van der Waals surface area contributed by atoms with E-state index in [1.165, 1.54) is 12.8 Å². The Kier molecular flexibility index (Phi) is 6.12. The zero-order valence-electron chi connectivity index (χ0n) is 11.6. The normalized spacial score (nSPS) is 17.8. The lowest BCUT2D eigenvalue weighted by molar-refractivity contribution is -0.124. The van der Waals surface area contributed by atoms with Crippen LogP contribution in [0.15, 0.2) is 0 Å². The van der Waals surface area contributed by atoms with Gasteiger partial charge in [-0.3, -0.25) is 14.9 Å². The van der Waals surface area contributed by atoms with Gasteiger partial charge in [0.05, 0.1) is 12.6 Å². The van der Waals surface area contributed by atoms with Gasteiger partial charge >= 0.3 is 0 Å². The molecule has 1 unspecified atom stereocenters. The zero-order valence-corrected chi connectivity index (χ0v) is 11.6. The molecule has 0 saturated heterocycles. The van der Waals surface area contributed by atoms with E-state index in [4.69, 9.17) is 0 Å². The number of hydrogen-bond acceptors (Lipinski definition) is 3. The van der Waals surface area contributed by atoms with Gasteiger partial charge in [0, 0.05) is 12.1 Å². The summed E-state index contributed by atoms with van der Waals surface area (Å²) in [7, 11) is 0. The number of amides is 2. The van der Waals surface area contributed by atoms with Gasteiger partial charge in [-0.2, -0.15) is 0 Å². The maximum Gasteiger partial charge on any atom is 0.237 e. The van der Waals surface area contributed by atoms with Gasteiger partial charge in [0.1, 0.15) is 0 Å². The monoisotopic (exact) mass is 255 g/mol. The summed E-state index contributed by atoms with van der Waals surface area (Å²) in [6.07, 6.45) is 4.55. The molecule has 2 amide bonds. The van der Waals surface area contributed by atoms with Crippen molar-refractivity contribution >= 4 is 11.8 Å². The smallest absolute Gasteiger partial charge is 0.237 e. The van der Waals surface area contributed by atoms with Crippen LogP contribution < -0.4 is 16.0 Å². The highest BCUT2D eigenvalue weighted by Gasteiger charge is 2.20. The molecule has 1 atom stereocenters. The van der Waals surface area contributed by atoms with Crippen molar-refractivity contribution in [2.45, 2.75) is 64.6 Å². The molecule has 1 fully saturated rings. The van der Waals surface area contributed by atoms with Crippen molar-refractivity contribution in [2.24, 2.45) is 0 Å². The highest BCUT2D eigenvalue weighted by Crippen LogP contribution is 2.17. The number of rotatable bonds is 6. The van der Waals surface area contributed by atoms with Gasteiger partial charge in [0.25, 0.3) is 0 Å². The van der Waals surface area contributed by atoms with Crippen LogP contribution in [0.3, 0.4) is 0 Å². The molecule has 104 valence electrons. The maximum atomic E-state index is 11.8. The second kappa shape index (κ2) is 7.36. The summed E-state index contributed by atoms with van der Waals surface area (Å²) in [5.74, 6) is -0.0928. The molecule has 0 aromatic heterocycles. The molecule has 0 bridgehead atoms. The van der Waals surface area contributed by atoms with Crippen LogP contribution in [0.4, 0.5) is 0 Å². The molecule has 0 radical (unpaired) electrons. The molecular weight excluding hydrogens is 230 g/mol. The number of hydrogen-bond donors (Lipinski definition) is 3. The summed E-state index contributed by atoms with van der Waals surface area (Å²) in [5, 5.41) is 8.72. The topological polar surface area (TPSA) is 70.2 Å². The third-order valence-electron chi connectivity index (χ3n) is 3.11. The predicted octanol–water partition coefficient (Wildman–Crippen LogP) is 0.548. The first kappa shape index (κ1) is 15.0. The lowest BCUT2D eigenvalue weighted by atomic mass is 10.2. The van der Waals surface area contributed by atoms with E-state index in [9.17, 15) is 9.59 Å². The quantitative estimate of drug-likeness (QED) is 0.649. The Morgan fingerprint density at radius 3 is 2.33 bits per heavy atom. The number of carbonyl (C=O) groups is 2. The molecule has 5 heteroatoms. The van der Waals surface area contributed by atoms with Crippen molar-refractivity contribution < 1.29 is 9.59 Å². The molecule has 1 saturated carbocycles. The Balaban J connectivity index is 2.20. The summed E-state index contributed by atoms with van der Waals surface area (Å²) in [6.45, 7) is 5.78. The third-order valence-corrected chi connectivity index (χ3v) is 3.11. The molecule has 0 aromatic carbocycles. The first-order valence-corrected chi connectivity index (χ1v) is 6.82. The molecule has 0 heterocycles. The van der Waals surface area contributed by atoms with Crippen LogP contribution in [0.1, 0.15) is 46.5 Å². The van der Waals surface area contributed by atoms with E-state index in [0.29, 0.717) is 6.04 Å². The Bertz CT molecular complexity index is 286. The highest BCUT2D eigenvalue weighted by molar-refractivity contribution is 5.83. The average Bonchev–Trinajstić information content (AvgIpc) is 2.77. The average molecular weight is 255 g/mol. The summed E-state index contributed by atoms with van der Waals surface area (Å²) in [6, 6.07) is 0.122. The Morgan fingerprint density at radius 2 is 1.78 bits per heavy atom. The zero-order chi connectivity index (χ0) is 13.5. The van der Waals surface area contributed by atoms with Crippen molar-refractivity contribution in [3.05, 3.63) is 0 Å². The van der Waals surface area contributed by atoms with Crippen molar-refractivity contribution in [2.75, 3.05) is 6.54 Å². The van der Waals surface area contributed by atoms with E-state index >= 15 is 0 Å². The molecule has 3 N–H and O–H groups in total. The molecular formula is C13H25N3O2. The largest absolute Gasteiger partial charge is 0.353 e. The number of carbonyl (C=O) groups excluding carboxylic acids is 2. The molecule has 18 heavy (non-hydrogen) atoms. The summed E-state index contributed by atoms with van der Waals surface area (Å²) in [5.41, 5.74) is 0.